The molecule has 10 rings (SSSR count). The standard InChI is InChI=1S/C19H16ClNO3.C11H11ClO3.C10H12N2O2.C10H9NO2.C9H8Cl2O.C8H6Cl2O.C8H11N.C2H4O2.Cs/c1-10-3-8-14-16(19(23)24)18(22)15(21-17(14)11(10)2)9-12-4-6-13(20)7-5-12;1-8(13)15-7-11(14)6-9-2-4-10(12)5-3-9;1-7-4-3-5-9(8(7)2)12-10(13)6-11-14;1-5-3-4-7-8(6(5)2)11-10(13)9(7)12;10-6-9(12)5-7-1-3-8(11)4-2-7;9-7-3-1-6(2-4-7)5-8(10)11;1-6-4-3-5-8(9)7(6)2;1-2(3)4;/h3-8,22H,9H2,1-2H3,(H,23,24);2-5H,6-7H2,1H3;3-6,14H,1-2H3,(H,12,13);3-4H,1-2H3,(H,11,12,13);1-4H,5-6H2;1-4H,5H2;3-5H,9H2,1-2H3;1H3,(H,3,4);/q;;;;;;;;+1/p-1/b;;11-6+;;;;;;. The van der Waals surface area contributed by atoms with Gasteiger partial charge < -0.3 is 46.4 Å². The van der Waals surface area contributed by atoms with E-state index in [9.17, 15) is 48.6 Å². The number of halogens is 6. The van der Waals surface area contributed by atoms with Crippen LogP contribution in [0.25, 0.3) is 10.9 Å². The Morgan fingerprint density at radius 2 is 1.04 bits per heavy atom. The summed E-state index contributed by atoms with van der Waals surface area (Å²) in [5.74, 6) is -4.41. The van der Waals surface area contributed by atoms with Crippen LogP contribution in [-0.2, 0) is 64.0 Å². The molecule has 0 saturated heterocycles. The van der Waals surface area contributed by atoms with Gasteiger partial charge in [-0.2, -0.15) is 0 Å². The molecule has 2 heterocycles. The number of anilines is 3. The molecule has 0 aliphatic carbocycles. The molecule has 1 aromatic heterocycles. The van der Waals surface area contributed by atoms with Gasteiger partial charge in [-0.25, -0.2) is 9.78 Å². The number of nitrogens with one attached hydrogen (secondary N) is 2. The Morgan fingerprint density at radius 1 is 0.602 bits per heavy atom. The second kappa shape index (κ2) is 46.7. The second-order valence-corrected chi connectivity index (χ2v) is 25.0. The third-order valence-corrected chi connectivity index (χ3v) is 16.2. The van der Waals surface area contributed by atoms with Crippen molar-refractivity contribution in [1.29, 1.82) is 0 Å². The SMILES string of the molecule is CC(=O)OCC(=O)Cc1ccc(Cl)cc1.CC(=O)[O-].Cc1ccc2c(C(=O)O)c(O)c(Cc3ccc(Cl)cc3)nc2c1C.Cc1ccc2c(c1C)NC(=O)C2=O.Cc1cccc(N)c1C.Cc1cccc(NC(=O)/C=N/O)c1C.O=C(CCl)Cc1ccc(Cl)cc1.O=C(Cl)Cc1ccc(Cl)cc1.[Cs+]. The van der Waals surface area contributed by atoms with Crippen molar-refractivity contribution in [3.63, 3.8) is 0 Å². The number of carboxylic acids is 2. The molecule has 0 fully saturated rings. The van der Waals surface area contributed by atoms with Gasteiger partial charge in [0.1, 0.15) is 18.4 Å². The first kappa shape index (κ1) is 91.1. The van der Waals surface area contributed by atoms with Gasteiger partial charge in [-0.1, -0.05) is 143 Å². The Balaban J connectivity index is 0.000000413. The van der Waals surface area contributed by atoms with Crippen LogP contribution in [0.4, 0.5) is 17.1 Å². The van der Waals surface area contributed by atoms with E-state index in [1.807, 2.05) is 109 Å². The zero-order valence-corrected chi connectivity index (χ0v) is 69.2. The molecule has 8 aromatic carbocycles. The third-order valence-electron chi connectivity index (χ3n) is 14.8. The first-order valence-electron chi connectivity index (χ1n) is 30.8. The fourth-order valence-corrected chi connectivity index (χ4v) is 9.53. The van der Waals surface area contributed by atoms with E-state index in [-0.39, 0.29) is 122 Å². The summed E-state index contributed by atoms with van der Waals surface area (Å²) in [6.45, 7) is 17.7. The molecule has 2 amide bonds. The van der Waals surface area contributed by atoms with Crippen molar-refractivity contribution in [2.24, 2.45) is 5.16 Å². The number of amides is 2. The van der Waals surface area contributed by atoms with Gasteiger partial charge in [0.15, 0.2) is 17.3 Å². The monoisotopic (exact) mass is 1640 g/mol. The minimum absolute atomic E-state index is 0. The Hall–Kier alpha value is -7.94. The van der Waals surface area contributed by atoms with Crippen LogP contribution in [0.2, 0.25) is 20.1 Å². The number of carbonyl (C=O) groups excluding carboxylic acids is 8. The summed E-state index contributed by atoms with van der Waals surface area (Å²) < 4.78 is 4.59. The average molecular weight is 1640 g/mol. The number of nitrogens with zero attached hydrogens (tertiary/aromatic N) is 2. The minimum Gasteiger partial charge on any atom is -0.550 e. The maximum absolute atomic E-state index is 11.7. The van der Waals surface area contributed by atoms with Gasteiger partial charge in [0.2, 0.25) is 5.24 Å². The molecule has 103 heavy (non-hydrogen) atoms. The second-order valence-electron chi connectivity index (χ2n) is 22.5. The van der Waals surface area contributed by atoms with Crippen molar-refractivity contribution < 1.29 is 137 Å². The number of rotatable bonds is 14. The van der Waals surface area contributed by atoms with Gasteiger partial charge in [0.05, 0.1) is 28.3 Å². The molecule has 7 N–H and O–H groups in total. The molecular weight excluding hydrogens is 1560 g/mol. The molecule has 26 heteroatoms. The van der Waals surface area contributed by atoms with E-state index >= 15 is 0 Å². The van der Waals surface area contributed by atoms with Gasteiger partial charge in [-0.3, -0.25) is 33.6 Å². The molecule has 19 nitrogen and oxygen atoms in total. The number of aromatic hydroxyl groups is 1. The van der Waals surface area contributed by atoms with E-state index in [4.69, 9.17) is 90.4 Å². The number of aromatic carboxylic acids is 1. The number of fused-ring (bicyclic) bond motifs is 2. The van der Waals surface area contributed by atoms with Crippen LogP contribution in [0.3, 0.4) is 0 Å². The summed E-state index contributed by atoms with van der Waals surface area (Å²) in [4.78, 5) is 102. The number of carboxylic acid groups (broad SMARTS) is 2. The number of hydrogen-bond donors (Lipinski definition) is 6. The topological polar surface area (TPSA) is 322 Å². The summed E-state index contributed by atoms with van der Waals surface area (Å²) in [7, 11) is 0. The summed E-state index contributed by atoms with van der Waals surface area (Å²) in [5, 5.41) is 47.5. The number of benzene rings is 8. The van der Waals surface area contributed by atoms with E-state index < -0.39 is 35.5 Å². The number of Topliss-reactive ketones (excluding diaryl/α,β-unsaturated/α-hetero) is 3. The number of ether oxygens (including phenoxy) is 1. The number of aryl methyl sites for hydroxylation is 5. The van der Waals surface area contributed by atoms with Crippen LogP contribution in [-0.4, -0.2) is 91.4 Å². The molecule has 0 saturated carbocycles. The molecule has 1 aliphatic heterocycles. The van der Waals surface area contributed by atoms with Gasteiger partial charge in [0.25, 0.3) is 17.6 Å². The van der Waals surface area contributed by atoms with Crippen molar-refractivity contribution in [1.82, 2.24) is 4.98 Å². The average Bonchev–Trinajstić information content (AvgIpc) is 0.946. The predicted octanol–water partition coefficient (Wildman–Crippen LogP) is 12.6. The summed E-state index contributed by atoms with van der Waals surface area (Å²) in [6.07, 6.45) is 2.05. The van der Waals surface area contributed by atoms with E-state index in [1.165, 1.54) is 18.1 Å². The smallest absolute Gasteiger partial charge is 0.550 e. The number of nitrogens with two attached hydrogens (primary N) is 1. The molecule has 1 aliphatic rings. The number of aromatic nitrogens is 1. The number of alkyl halides is 1. The third kappa shape index (κ3) is 32.7. The van der Waals surface area contributed by atoms with E-state index in [0.29, 0.717) is 60.8 Å². The molecule has 9 aromatic rings. The number of pyridine rings is 1. The van der Waals surface area contributed by atoms with Crippen molar-refractivity contribution in [3.05, 3.63) is 261 Å². The summed E-state index contributed by atoms with van der Waals surface area (Å²) in [6, 6.07) is 47.0. The van der Waals surface area contributed by atoms with Gasteiger partial charge in [-0.05, 0) is 207 Å². The first-order valence-corrected chi connectivity index (χ1v) is 33.2. The largest absolute Gasteiger partial charge is 1.00 e. The Bertz CT molecular complexity index is 4440. The number of nitrogen functional groups attached to an aromatic ring is 1. The molecule has 536 valence electrons. The van der Waals surface area contributed by atoms with Crippen LogP contribution < -0.4 is 90.4 Å². The molecular formula is C77H76Cl6CsN5O14. The maximum Gasteiger partial charge on any atom is 1.00 e. The Labute approximate surface area is 686 Å². The van der Waals surface area contributed by atoms with Gasteiger partial charge in [0, 0.05) is 75.4 Å². The van der Waals surface area contributed by atoms with Crippen LogP contribution in [0.5, 0.6) is 5.75 Å². The van der Waals surface area contributed by atoms with Crippen molar-refractivity contribution in [2.75, 3.05) is 28.9 Å². The number of ketones is 3. The van der Waals surface area contributed by atoms with Crippen molar-refractivity contribution in [2.45, 2.75) is 94.9 Å². The molecule has 0 bridgehead atoms. The minimum atomic E-state index is -1.17. The Morgan fingerprint density at radius 3 is 1.49 bits per heavy atom. The number of oxime groups is 1. The van der Waals surface area contributed by atoms with Gasteiger partial charge >= 0.3 is 80.8 Å². The Kier molecular flexibility index (Phi) is 41.3. The summed E-state index contributed by atoms with van der Waals surface area (Å²) in [5.41, 5.74) is 21.4. The van der Waals surface area contributed by atoms with Gasteiger partial charge in [-0.15, -0.1) is 11.6 Å². The maximum atomic E-state index is 11.7. The zero-order chi connectivity index (χ0) is 76.5. The first-order chi connectivity index (χ1) is 48.1. The predicted molar refractivity (Wildman–Crippen MR) is 403 cm³/mol. The van der Waals surface area contributed by atoms with Crippen molar-refractivity contribution in [3.8, 4) is 5.75 Å². The van der Waals surface area contributed by atoms with Crippen LogP contribution in [0.15, 0.2) is 163 Å². The molecule has 0 atom stereocenters. The van der Waals surface area contributed by atoms with Crippen LogP contribution in [0, 0.1) is 55.4 Å². The quantitative estimate of drug-likeness (QED) is 0.00861. The number of esters is 1. The number of carbonyl (C=O) groups is 9. The van der Waals surface area contributed by atoms with E-state index in [0.717, 1.165) is 80.1 Å². The zero-order valence-electron chi connectivity index (χ0n) is 58.4. The van der Waals surface area contributed by atoms with E-state index in [2.05, 4.69) is 38.5 Å². The molecule has 0 spiro atoms. The fraction of sp³-hybridized carbons (Fsp3) is 0.208. The van der Waals surface area contributed by atoms with Crippen LogP contribution in [0.1, 0.15) is 107 Å². The molecule has 0 radical (unpaired) electrons. The molecule has 0 unspecified atom stereocenters. The summed E-state index contributed by atoms with van der Waals surface area (Å²) >= 11 is 33.4. The fourth-order valence-electron chi connectivity index (χ4n) is 8.78. The normalized spacial score (nSPS) is 10.4. The number of aliphatic carboxylic acids is 1. The van der Waals surface area contributed by atoms with E-state index in [1.54, 1.807) is 91.0 Å². The number of hydrogen-bond acceptors (Lipinski definition) is 16. The van der Waals surface area contributed by atoms with Crippen molar-refractivity contribution >= 4 is 156 Å². The van der Waals surface area contributed by atoms with Crippen LogP contribution >= 0.6 is 69.6 Å².